The van der Waals surface area contributed by atoms with E-state index in [-0.39, 0.29) is 5.91 Å². The number of para-hydroxylation sites is 1. The van der Waals surface area contributed by atoms with Crippen molar-refractivity contribution in [2.75, 3.05) is 17.2 Å². The summed E-state index contributed by atoms with van der Waals surface area (Å²) in [6.07, 6.45) is 1.74. The van der Waals surface area contributed by atoms with E-state index in [2.05, 4.69) is 41.0 Å². The second-order valence-corrected chi connectivity index (χ2v) is 6.00. The molecule has 1 heterocycles. The van der Waals surface area contributed by atoms with Crippen LogP contribution in [0, 0.1) is 13.8 Å². The predicted octanol–water partition coefficient (Wildman–Crippen LogP) is 4.07. The van der Waals surface area contributed by atoms with Gasteiger partial charge in [0, 0.05) is 18.3 Å². The van der Waals surface area contributed by atoms with Crippen LogP contribution in [0.1, 0.15) is 47.2 Å². The van der Waals surface area contributed by atoms with E-state index in [1.165, 1.54) is 0 Å². The Morgan fingerprint density at radius 2 is 2.04 bits per heavy atom. The zero-order valence-corrected chi connectivity index (χ0v) is 14.7. The lowest BCUT2D eigenvalue weighted by Crippen LogP contribution is -2.17. The molecule has 0 unspecified atom stereocenters. The lowest BCUT2D eigenvalue weighted by atomic mass is 9.98. The number of hydrogen-bond acceptors (Lipinski definition) is 4. The number of amides is 1. The highest BCUT2D eigenvalue weighted by Gasteiger charge is 2.15. The summed E-state index contributed by atoms with van der Waals surface area (Å²) in [5.74, 6) is 1.24. The lowest BCUT2D eigenvalue weighted by Gasteiger charge is -2.16. The highest BCUT2D eigenvalue weighted by molar-refractivity contribution is 6.04. The molecule has 0 aliphatic heterocycles. The zero-order valence-electron chi connectivity index (χ0n) is 14.7. The summed E-state index contributed by atoms with van der Waals surface area (Å²) in [6, 6.07) is 7.69. The monoisotopic (exact) mass is 324 g/mol. The molecule has 0 aliphatic carbocycles. The third kappa shape index (κ3) is 4.19. The second-order valence-electron chi connectivity index (χ2n) is 6.00. The topological polar surface area (TPSA) is 66.9 Å². The maximum atomic E-state index is 12.7. The number of anilines is 2. The van der Waals surface area contributed by atoms with Crippen LogP contribution in [-0.4, -0.2) is 22.4 Å². The van der Waals surface area contributed by atoms with Crippen molar-refractivity contribution in [3.8, 4) is 0 Å². The summed E-state index contributed by atoms with van der Waals surface area (Å²) in [7, 11) is 0. The maximum Gasteiger partial charge on any atom is 0.274 e. The van der Waals surface area contributed by atoms with Gasteiger partial charge in [-0.25, -0.2) is 9.97 Å². The minimum atomic E-state index is -0.238. The molecule has 1 aromatic carbocycles. The molecule has 2 rings (SSSR count). The summed E-state index contributed by atoms with van der Waals surface area (Å²) in [4.78, 5) is 21.2. The molecule has 0 fully saturated rings. The molecule has 0 saturated heterocycles. The molecular formula is C19H24N4O. The minimum absolute atomic E-state index is 0.238. The number of carbonyl (C=O) groups is 1. The molecular weight excluding hydrogens is 300 g/mol. The molecule has 126 valence electrons. The first-order chi connectivity index (χ1) is 11.4. The first kappa shape index (κ1) is 17.7. The normalized spacial score (nSPS) is 10.5. The van der Waals surface area contributed by atoms with Gasteiger partial charge in [0.2, 0.25) is 0 Å². The Labute approximate surface area is 143 Å². The van der Waals surface area contributed by atoms with Crippen LogP contribution in [-0.2, 0) is 0 Å². The van der Waals surface area contributed by atoms with Crippen LogP contribution in [0.5, 0.6) is 0 Å². The van der Waals surface area contributed by atoms with Crippen molar-refractivity contribution in [3.05, 3.63) is 59.6 Å². The Morgan fingerprint density at radius 3 is 2.71 bits per heavy atom. The van der Waals surface area contributed by atoms with E-state index in [4.69, 9.17) is 0 Å². The fourth-order valence-corrected chi connectivity index (χ4v) is 2.47. The second kappa shape index (κ2) is 7.73. The predicted molar refractivity (Wildman–Crippen MR) is 98.7 cm³/mol. The van der Waals surface area contributed by atoms with E-state index >= 15 is 0 Å². The third-order valence-electron chi connectivity index (χ3n) is 3.66. The Hall–Kier alpha value is -2.69. The first-order valence-electron chi connectivity index (χ1n) is 8.03. The van der Waals surface area contributed by atoms with Crippen molar-refractivity contribution in [1.82, 2.24) is 9.97 Å². The fraction of sp³-hybridized carbons (Fsp3) is 0.316. The quantitative estimate of drug-likeness (QED) is 0.786. The van der Waals surface area contributed by atoms with Gasteiger partial charge in [-0.15, -0.1) is 6.58 Å². The van der Waals surface area contributed by atoms with Gasteiger partial charge >= 0.3 is 0 Å². The summed E-state index contributed by atoms with van der Waals surface area (Å²) in [6.45, 7) is 12.2. The first-order valence-corrected chi connectivity index (χ1v) is 8.03. The largest absolute Gasteiger partial charge is 0.366 e. The number of benzene rings is 1. The molecule has 5 heteroatoms. The van der Waals surface area contributed by atoms with Gasteiger partial charge in [0.25, 0.3) is 5.91 Å². The standard InChI is InChI=1S/C19H24N4O/c1-6-10-20-17-11-16(21-14(5)22-17)19(24)23-18-13(4)8-7-9-15(18)12(2)3/h6-9,11-12H,1,10H2,2-5H3,(H,23,24)(H,20,21,22). The van der Waals surface area contributed by atoms with Crippen molar-refractivity contribution >= 4 is 17.4 Å². The molecule has 1 amide bonds. The van der Waals surface area contributed by atoms with Crippen molar-refractivity contribution in [2.24, 2.45) is 0 Å². The van der Waals surface area contributed by atoms with E-state index in [0.717, 1.165) is 16.8 Å². The highest BCUT2D eigenvalue weighted by Crippen LogP contribution is 2.27. The number of carbonyl (C=O) groups excluding carboxylic acids is 1. The number of aromatic nitrogens is 2. The van der Waals surface area contributed by atoms with Gasteiger partial charge < -0.3 is 10.6 Å². The van der Waals surface area contributed by atoms with Crippen LogP contribution in [0.2, 0.25) is 0 Å². The molecule has 0 radical (unpaired) electrons. The van der Waals surface area contributed by atoms with Crippen LogP contribution in [0.4, 0.5) is 11.5 Å². The number of hydrogen-bond donors (Lipinski definition) is 2. The van der Waals surface area contributed by atoms with Crippen molar-refractivity contribution in [3.63, 3.8) is 0 Å². The van der Waals surface area contributed by atoms with Gasteiger partial charge in [-0.05, 0) is 30.9 Å². The highest BCUT2D eigenvalue weighted by atomic mass is 16.1. The van der Waals surface area contributed by atoms with Gasteiger partial charge in [-0.1, -0.05) is 38.1 Å². The van der Waals surface area contributed by atoms with Gasteiger partial charge in [0.05, 0.1) is 0 Å². The summed E-state index contributed by atoms with van der Waals surface area (Å²) in [5, 5.41) is 6.10. The molecule has 2 N–H and O–H groups in total. The Bertz CT molecular complexity index is 753. The van der Waals surface area contributed by atoms with E-state index < -0.39 is 0 Å². The number of aryl methyl sites for hydroxylation is 2. The number of nitrogens with zero attached hydrogens (tertiary/aromatic N) is 2. The zero-order chi connectivity index (χ0) is 17.7. The minimum Gasteiger partial charge on any atom is -0.366 e. The van der Waals surface area contributed by atoms with Gasteiger partial charge in [0.15, 0.2) is 0 Å². The van der Waals surface area contributed by atoms with Crippen LogP contribution in [0.3, 0.4) is 0 Å². The number of rotatable bonds is 6. The van der Waals surface area contributed by atoms with Gasteiger partial charge in [0.1, 0.15) is 17.3 Å². The van der Waals surface area contributed by atoms with E-state index in [1.807, 2.05) is 25.1 Å². The molecule has 1 aromatic heterocycles. The Balaban J connectivity index is 2.31. The lowest BCUT2D eigenvalue weighted by molar-refractivity contribution is 0.102. The third-order valence-corrected chi connectivity index (χ3v) is 3.66. The molecule has 0 saturated carbocycles. The molecule has 2 aromatic rings. The van der Waals surface area contributed by atoms with Crippen LogP contribution < -0.4 is 10.6 Å². The van der Waals surface area contributed by atoms with E-state index in [9.17, 15) is 4.79 Å². The maximum absolute atomic E-state index is 12.7. The molecule has 0 aliphatic rings. The van der Waals surface area contributed by atoms with Crippen molar-refractivity contribution in [2.45, 2.75) is 33.6 Å². The van der Waals surface area contributed by atoms with E-state index in [0.29, 0.717) is 29.8 Å². The van der Waals surface area contributed by atoms with Crippen LogP contribution in [0.25, 0.3) is 0 Å². The molecule has 0 spiro atoms. The smallest absolute Gasteiger partial charge is 0.274 e. The average Bonchev–Trinajstić information content (AvgIpc) is 2.54. The summed E-state index contributed by atoms with van der Waals surface area (Å²) >= 11 is 0. The van der Waals surface area contributed by atoms with E-state index in [1.54, 1.807) is 19.1 Å². The molecule has 0 bridgehead atoms. The molecule has 0 atom stereocenters. The molecule has 24 heavy (non-hydrogen) atoms. The molecule has 5 nitrogen and oxygen atoms in total. The van der Waals surface area contributed by atoms with Crippen molar-refractivity contribution in [1.29, 1.82) is 0 Å². The van der Waals surface area contributed by atoms with Gasteiger partial charge in [-0.3, -0.25) is 4.79 Å². The fourth-order valence-electron chi connectivity index (χ4n) is 2.47. The average molecular weight is 324 g/mol. The van der Waals surface area contributed by atoms with Crippen LogP contribution >= 0.6 is 0 Å². The van der Waals surface area contributed by atoms with Gasteiger partial charge in [-0.2, -0.15) is 0 Å². The Morgan fingerprint density at radius 1 is 1.29 bits per heavy atom. The van der Waals surface area contributed by atoms with Crippen molar-refractivity contribution < 1.29 is 4.79 Å². The Kier molecular flexibility index (Phi) is 5.68. The van der Waals surface area contributed by atoms with Crippen LogP contribution in [0.15, 0.2) is 36.9 Å². The summed E-state index contributed by atoms with van der Waals surface area (Å²) in [5.41, 5.74) is 3.34. The summed E-state index contributed by atoms with van der Waals surface area (Å²) < 4.78 is 0. The number of nitrogens with one attached hydrogen (secondary N) is 2. The SMILES string of the molecule is C=CCNc1cc(C(=O)Nc2c(C)cccc2C(C)C)nc(C)n1.